The monoisotopic (exact) mass is 258 g/mol. The maximum absolute atomic E-state index is 13.0. The average molecular weight is 259 g/mol. The molecule has 0 amide bonds. The molecule has 1 heterocycles. The molecule has 72 valence electrons. The van der Waals surface area contributed by atoms with Crippen molar-refractivity contribution >= 4 is 26.8 Å². The zero-order valence-electron chi connectivity index (χ0n) is 6.70. The number of benzene rings is 1. The second-order valence-electron chi connectivity index (χ2n) is 2.63. The molecule has 1 aromatic carbocycles. The molecule has 1 aromatic heterocycles. The van der Waals surface area contributed by atoms with E-state index in [4.69, 9.17) is 5.11 Å². The van der Waals surface area contributed by atoms with E-state index in [1.54, 1.807) is 0 Å². The van der Waals surface area contributed by atoms with Gasteiger partial charge in [-0.1, -0.05) is 0 Å². The number of aromatic nitrogens is 2. The van der Waals surface area contributed by atoms with Gasteiger partial charge in [-0.2, -0.15) is 9.97 Å². The second-order valence-corrected chi connectivity index (χ2v) is 3.49. The van der Waals surface area contributed by atoms with Crippen LogP contribution in [0.4, 0.5) is 4.39 Å². The Kier molecular flexibility index (Phi) is 1.99. The van der Waals surface area contributed by atoms with E-state index in [-0.39, 0.29) is 21.3 Å². The summed E-state index contributed by atoms with van der Waals surface area (Å²) in [5.41, 5.74) is 0.149. The summed E-state index contributed by atoms with van der Waals surface area (Å²) in [5.74, 6) is -0.900. The topological polar surface area (TPSA) is 66.2 Å². The van der Waals surface area contributed by atoms with Crippen molar-refractivity contribution in [2.45, 2.75) is 0 Å². The molecule has 0 spiro atoms. The fraction of sp³-hybridized carbons (Fsp3) is 0. The van der Waals surface area contributed by atoms with Gasteiger partial charge in [0.2, 0.25) is 5.88 Å². The van der Waals surface area contributed by atoms with Gasteiger partial charge in [0.25, 0.3) is 0 Å². The SMILES string of the molecule is Oc1nc(O)c2cc(Br)c(F)cc2n1. The molecule has 0 aliphatic heterocycles. The van der Waals surface area contributed by atoms with Crippen LogP contribution in [0.3, 0.4) is 0 Å². The van der Waals surface area contributed by atoms with Crippen molar-refractivity contribution in [3.05, 3.63) is 22.4 Å². The number of halogens is 2. The Morgan fingerprint density at radius 3 is 2.64 bits per heavy atom. The zero-order chi connectivity index (χ0) is 10.3. The number of rotatable bonds is 0. The molecule has 0 saturated heterocycles. The molecule has 2 rings (SSSR count). The van der Waals surface area contributed by atoms with Gasteiger partial charge >= 0.3 is 6.01 Å². The molecular weight excluding hydrogens is 255 g/mol. The third kappa shape index (κ3) is 1.37. The van der Waals surface area contributed by atoms with Crippen LogP contribution in [0.5, 0.6) is 11.9 Å². The quantitative estimate of drug-likeness (QED) is 0.758. The van der Waals surface area contributed by atoms with Crippen LogP contribution < -0.4 is 0 Å². The molecule has 0 aliphatic rings. The van der Waals surface area contributed by atoms with E-state index in [2.05, 4.69) is 25.9 Å². The van der Waals surface area contributed by atoms with Crippen molar-refractivity contribution < 1.29 is 14.6 Å². The van der Waals surface area contributed by atoms with Crippen molar-refractivity contribution in [2.75, 3.05) is 0 Å². The van der Waals surface area contributed by atoms with E-state index >= 15 is 0 Å². The highest BCUT2D eigenvalue weighted by atomic mass is 79.9. The summed E-state index contributed by atoms with van der Waals surface area (Å²) in [5, 5.41) is 18.5. The van der Waals surface area contributed by atoms with E-state index in [9.17, 15) is 9.50 Å². The van der Waals surface area contributed by atoms with Crippen LogP contribution in [0.2, 0.25) is 0 Å². The van der Waals surface area contributed by atoms with Gasteiger partial charge in [-0.15, -0.1) is 0 Å². The highest BCUT2D eigenvalue weighted by Gasteiger charge is 2.09. The first-order valence-electron chi connectivity index (χ1n) is 3.62. The number of hydrogen-bond acceptors (Lipinski definition) is 4. The zero-order valence-corrected chi connectivity index (χ0v) is 8.29. The van der Waals surface area contributed by atoms with Gasteiger partial charge in [0.1, 0.15) is 5.82 Å². The maximum Gasteiger partial charge on any atom is 0.317 e. The van der Waals surface area contributed by atoms with Gasteiger partial charge in [-0.05, 0) is 22.0 Å². The predicted molar refractivity (Wildman–Crippen MR) is 50.5 cm³/mol. The Morgan fingerprint density at radius 2 is 1.93 bits per heavy atom. The Labute approximate surface area is 86.2 Å². The summed E-state index contributed by atoms with van der Waals surface area (Å²) in [7, 11) is 0. The fourth-order valence-electron chi connectivity index (χ4n) is 1.10. The highest BCUT2D eigenvalue weighted by molar-refractivity contribution is 9.10. The lowest BCUT2D eigenvalue weighted by molar-refractivity contribution is 0.403. The molecular formula is C8H4BrFN2O2. The molecule has 6 heteroatoms. The molecule has 14 heavy (non-hydrogen) atoms. The van der Waals surface area contributed by atoms with Crippen LogP contribution in [0, 0.1) is 5.82 Å². The average Bonchev–Trinajstić information content (AvgIpc) is 2.08. The molecule has 0 radical (unpaired) electrons. The van der Waals surface area contributed by atoms with Crippen LogP contribution in [-0.4, -0.2) is 20.2 Å². The summed E-state index contributed by atoms with van der Waals surface area (Å²) in [6.45, 7) is 0. The van der Waals surface area contributed by atoms with Gasteiger partial charge in [0.15, 0.2) is 0 Å². The summed E-state index contributed by atoms with van der Waals surface area (Å²) < 4.78 is 13.2. The van der Waals surface area contributed by atoms with Crippen molar-refractivity contribution in [2.24, 2.45) is 0 Å². The lowest BCUT2D eigenvalue weighted by Crippen LogP contribution is -1.87. The molecule has 0 unspecified atom stereocenters. The fourth-order valence-corrected chi connectivity index (χ4v) is 1.44. The van der Waals surface area contributed by atoms with Crippen molar-refractivity contribution in [3.8, 4) is 11.9 Å². The van der Waals surface area contributed by atoms with E-state index in [1.165, 1.54) is 6.07 Å². The first-order valence-corrected chi connectivity index (χ1v) is 4.42. The summed E-state index contributed by atoms with van der Waals surface area (Å²) in [4.78, 5) is 6.89. The van der Waals surface area contributed by atoms with Crippen LogP contribution in [-0.2, 0) is 0 Å². The van der Waals surface area contributed by atoms with E-state index in [1.807, 2.05) is 0 Å². The van der Waals surface area contributed by atoms with Crippen molar-refractivity contribution in [1.82, 2.24) is 9.97 Å². The molecule has 4 nitrogen and oxygen atoms in total. The minimum atomic E-state index is -0.586. The molecule has 0 fully saturated rings. The minimum absolute atomic E-state index is 0.149. The number of fused-ring (bicyclic) bond motifs is 1. The van der Waals surface area contributed by atoms with E-state index in [0.29, 0.717) is 0 Å². The van der Waals surface area contributed by atoms with Gasteiger partial charge in [-0.3, -0.25) is 0 Å². The Hall–Kier alpha value is -1.43. The molecule has 0 atom stereocenters. The molecule has 2 aromatic rings. The van der Waals surface area contributed by atoms with Crippen molar-refractivity contribution in [1.29, 1.82) is 0 Å². The summed E-state index contributed by atoms with van der Waals surface area (Å²) in [6.07, 6.45) is 0. The van der Waals surface area contributed by atoms with Crippen molar-refractivity contribution in [3.63, 3.8) is 0 Å². The van der Waals surface area contributed by atoms with Gasteiger partial charge < -0.3 is 10.2 Å². The molecule has 0 saturated carbocycles. The predicted octanol–water partition coefficient (Wildman–Crippen LogP) is 1.94. The standard InChI is InChI=1S/C8H4BrFN2O2/c9-4-1-3-6(2-5(4)10)11-8(14)12-7(3)13/h1-2H,(H2,11,12,13,14). The molecule has 0 bridgehead atoms. The van der Waals surface area contributed by atoms with Gasteiger partial charge in [-0.25, -0.2) is 4.39 Å². The van der Waals surface area contributed by atoms with Crippen LogP contribution >= 0.6 is 15.9 Å². The van der Waals surface area contributed by atoms with Gasteiger partial charge in [0, 0.05) is 6.07 Å². The van der Waals surface area contributed by atoms with E-state index < -0.39 is 11.8 Å². The lowest BCUT2D eigenvalue weighted by Gasteiger charge is -2.01. The Morgan fingerprint density at radius 1 is 1.21 bits per heavy atom. The largest absolute Gasteiger partial charge is 0.493 e. The number of aromatic hydroxyl groups is 2. The normalized spacial score (nSPS) is 10.7. The maximum atomic E-state index is 13.0. The molecule has 2 N–H and O–H groups in total. The summed E-state index contributed by atoms with van der Waals surface area (Å²) in [6, 6.07) is 1.86. The third-order valence-corrected chi connectivity index (χ3v) is 2.31. The minimum Gasteiger partial charge on any atom is -0.493 e. The number of hydrogen-bond donors (Lipinski definition) is 2. The Balaban J connectivity index is 2.89. The number of nitrogens with zero attached hydrogens (tertiary/aromatic N) is 2. The van der Waals surface area contributed by atoms with Crippen LogP contribution in [0.15, 0.2) is 16.6 Å². The molecule has 0 aliphatic carbocycles. The van der Waals surface area contributed by atoms with Gasteiger partial charge in [0.05, 0.1) is 15.4 Å². The van der Waals surface area contributed by atoms with E-state index in [0.717, 1.165) is 6.07 Å². The Bertz CT molecular complexity index is 518. The first kappa shape index (κ1) is 9.14. The third-order valence-electron chi connectivity index (χ3n) is 1.71. The van der Waals surface area contributed by atoms with Crippen LogP contribution in [0.25, 0.3) is 10.9 Å². The van der Waals surface area contributed by atoms with Crippen LogP contribution in [0.1, 0.15) is 0 Å². The second kappa shape index (κ2) is 3.06. The highest BCUT2D eigenvalue weighted by Crippen LogP contribution is 2.28. The first-order chi connectivity index (χ1) is 6.58. The lowest BCUT2D eigenvalue weighted by atomic mass is 10.2. The smallest absolute Gasteiger partial charge is 0.317 e. The summed E-state index contributed by atoms with van der Waals surface area (Å²) >= 11 is 2.96.